The number of anilines is 1. The van der Waals surface area contributed by atoms with Crippen LogP contribution in [0, 0.1) is 5.92 Å². The van der Waals surface area contributed by atoms with Crippen LogP contribution in [-0.4, -0.2) is 30.8 Å². The molecular weight excluding hydrogens is 244 g/mol. The summed E-state index contributed by atoms with van der Waals surface area (Å²) in [5.74, 6) is 0.487. The maximum absolute atomic E-state index is 12.2. The number of benzene rings is 1. The van der Waals surface area contributed by atoms with Gasteiger partial charge in [0.2, 0.25) is 0 Å². The van der Waals surface area contributed by atoms with E-state index in [-0.39, 0.29) is 18.6 Å². The summed E-state index contributed by atoms with van der Waals surface area (Å²) in [6.07, 6.45) is 0.706. The van der Waals surface area contributed by atoms with Crippen molar-refractivity contribution in [1.29, 1.82) is 0 Å². The number of nitrogens with two attached hydrogens (primary N) is 1. The number of nitrogen functional groups attached to an aromatic ring is 1. The van der Waals surface area contributed by atoms with Gasteiger partial charge in [0.05, 0.1) is 19.8 Å². The molecule has 0 aliphatic rings. The summed E-state index contributed by atoms with van der Waals surface area (Å²) in [6.45, 7) is 3.97. The fraction of sp³-hybridized carbons (Fsp3) is 0.500. The highest BCUT2D eigenvalue weighted by Crippen LogP contribution is 2.24. The highest BCUT2D eigenvalue weighted by molar-refractivity contribution is 6.02. The Morgan fingerprint density at radius 1 is 1.47 bits per heavy atom. The van der Waals surface area contributed by atoms with Crippen LogP contribution in [0.5, 0.6) is 5.75 Å². The lowest BCUT2D eigenvalue weighted by Crippen LogP contribution is -2.38. The summed E-state index contributed by atoms with van der Waals surface area (Å²) in [4.78, 5) is 12.2. The number of hydrogen-bond donors (Lipinski definition) is 3. The van der Waals surface area contributed by atoms with E-state index in [2.05, 4.69) is 5.32 Å². The van der Waals surface area contributed by atoms with E-state index in [0.717, 1.165) is 0 Å². The molecule has 0 aliphatic heterocycles. The molecule has 0 aromatic heterocycles. The number of carbonyl (C=O) groups excluding carboxylic acids is 1. The van der Waals surface area contributed by atoms with Gasteiger partial charge in [0.25, 0.3) is 5.91 Å². The van der Waals surface area contributed by atoms with Gasteiger partial charge in [-0.1, -0.05) is 19.9 Å². The average Bonchev–Trinajstić information content (AvgIpc) is 2.36. The summed E-state index contributed by atoms with van der Waals surface area (Å²) < 4.78 is 5.14. The molecule has 0 radical (unpaired) electrons. The molecule has 1 unspecified atom stereocenters. The topological polar surface area (TPSA) is 84.6 Å². The van der Waals surface area contributed by atoms with Gasteiger partial charge in [0.15, 0.2) is 0 Å². The first-order valence-electron chi connectivity index (χ1n) is 6.33. The second-order valence-electron chi connectivity index (χ2n) is 4.91. The SMILES string of the molecule is COc1cccc(N)c1C(=O)NC(CO)CC(C)C. The summed E-state index contributed by atoms with van der Waals surface area (Å²) >= 11 is 0. The fourth-order valence-corrected chi connectivity index (χ4v) is 1.97. The Labute approximate surface area is 113 Å². The average molecular weight is 266 g/mol. The van der Waals surface area contributed by atoms with Crippen LogP contribution >= 0.6 is 0 Å². The largest absolute Gasteiger partial charge is 0.496 e. The van der Waals surface area contributed by atoms with Crippen molar-refractivity contribution >= 4 is 11.6 Å². The molecule has 1 amide bonds. The van der Waals surface area contributed by atoms with Crippen molar-refractivity contribution in [2.75, 3.05) is 19.5 Å². The van der Waals surface area contributed by atoms with Crippen LogP contribution in [-0.2, 0) is 0 Å². The van der Waals surface area contributed by atoms with E-state index >= 15 is 0 Å². The molecule has 106 valence electrons. The van der Waals surface area contributed by atoms with Crippen molar-refractivity contribution in [2.24, 2.45) is 5.92 Å². The van der Waals surface area contributed by atoms with E-state index in [1.807, 2.05) is 13.8 Å². The third-order valence-corrected chi connectivity index (χ3v) is 2.82. The smallest absolute Gasteiger partial charge is 0.257 e. The molecular formula is C14H22N2O3. The van der Waals surface area contributed by atoms with Crippen molar-refractivity contribution in [3.63, 3.8) is 0 Å². The van der Waals surface area contributed by atoms with Gasteiger partial charge in [0, 0.05) is 5.69 Å². The van der Waals surface area contributed by atoms with Gasteiger partial charge in [0.1, 0.15) is 11.3 Å². The Hall–Kier alpha value is -1.75. The maximum atomic E-state index is 12.2. The van der Waals surface area contributed by atoms with Gasteiger partial charge in [-0.2, -0.15) is 0 Å². The number of ether oxygens (including phenoxy) is 1. The molecule has 0 saturated heterocycles. The zero-order chi connectivity index (χ0) is 14.4. The number of nitrogens with one attached hydrogen (secondary N) is 1. The second-order valence-corrected chi connectivity index (χ2v) is 4.91. The van der Waals surface area contributed by atoms with E-state index in [4.69, 9.17) is 10.5 Å². The molecule has 1 aromatic rings. The molecule has 0 fully saturated rings. The van der Waals surface area contributed by atoms with E-state index in [1.165, 1.54) is 7.11 Å². The summed E-state index contributed by atoms with van der Waals surface area (Å²) in [6, 6.07) is 4.77. The molecule has 1 atom stereocenters. The minimum Gasteiger partial charge on any atom is -0.496 e. The molecule has 0 heterocycles. The van der Waals surface area contributed by atoms with Gasteiger partial charge < -0.3 is 20.9 Å². The van der Waals surface area contributed by atoms with Crippen molar-refractivity contribution in [3.05, 3.63) is 23.8 Å². The van der Waals surface area contributed by atoms with Crippen molar-refractivity contribution < 1.29 is 14.6 Å². The fourth-order valence-electron chi connectivity index (χ4n) is 1.97. The van der Waals surface area contributed by atoms with Crippen molar-refractivity contribution in [1.82, 2.24) is 5.32 Å². The van der Waals surface area contributed by atoms with Crippen LogP contribution in [0.4, 0.5) is 5.69 Å². The van der Waals surface area contributed by atoms with Crippen molar-refractivity contribution in [3.8, 4) is 5.75 Å². The van der Waals surface area contributed by atoms with E-state index in [0.29, 0.717) is 29.3 Å². The summed E-state index contributed by atoms with van der Waals surface area (Å²) in [5.41, 5.74) is 6.48. The normalized spacial score (nSPS) is 12.3. The quantitative estimate of drug-likeness (QED) is 0.680. The number of hydrogen-bond acceptors (Lipinski definition) is 4. The van der Waals surface area contributed by atoms with Crippen LogP contribution in [0.1, 0.15) is 30.6 Å². The molecule has 1 rings (SSSR count). The first kappa shape index (κ1) is 15.3. The van der Waals surface area contributed by atoms with Gasteiger partial charge in [-0.15, -0.1) is 0 Å². The van der Waals surface area contributed by atoms with Crippen molar-refractivity contribution in [2.45, 2.75) is 26.3 Å². The standard InChI is InChI=1S/C14H22N2O3/c1-9(2)7-10(8-17)16-14(18)13-11(15)5-4-6-12(13)19-3/h4-6,9-10,17H,7-8,15H2,1-3H3,(H,16,18). The number of rotatable bonds is 6. The number of aliphatic hydroxyl groups is 1. The maximum Gasteiger partial charge on any atom is 0.257 e. The molecule has 5 nitrogen and oxygen atoms in total. The summed E-state index contributed by atoms with van der Waals surface area (Å²) in [5, 5.41) is 12.1. The Kier molecular flexibility index (Phi) is 5.63. The van der Waals surface area contributed by atoms with E-state index in [9.17, 15) is 9.90 Å². The van der Waals surface area contributed by atoms with Crippen LogP contribution in [0.15, 0.2) is 18.2 Å². The van der Waals surface area contributed by atoms with Gasteiger partial charge in [-0.25, -0.2) is 0 Å². The number of aliphatic hydroxyl groups excluding tert-OH is 1. The molecule has 4 N–H and O–H groups in total. The van der Waals surface area contributed by atoms with Crippen LogP contribution in [0.2, 0.25) is 0 Å². The Morgan fingerprint density at radius 3 is 2.68 bits per heavy atom. The Bertz CT molecular complexity index is 433. The lowest BCUT2D eigenvalue weighted by atomic mass is 10.0. The van der Waals surface area contributed by atoms with Crippen LogP contribution in [0.3, 0.4) is 0 Å². The van der Waals surface area contributed by atoms with Gasteiger partial charge >= 0.3 is 0 Å². The minimum atomic E-state index is -0.324. The second kappa shape index (κ2) is 6.99. The highest BCUT2D eigenvalue weighted by atomic mass is 16.5. The predicted octanol–water partition coefficient (Wildman–Crippen LogP) is 1.41. The summed E-state index contributed by atoms with van der Waals surface area (Å²) in [7, 11) is 1.49. The third kappa shape index (κ3) is 4.13. The predicted molar refractivity (Wildman–Crippen MR) is 75.2 cm³/mol. The lowest BCUT2D eigenvalue weighted by Gasteiger charge is -2.19. The number of methoxy groups -OCH3 is 1. The first-order valence-corrected chi connectivity index (χ1v) is 6.33. The van der Waals surface area contributed by atoms with Crippen LogP contribution < -0.4 is 15.8 Å². The van der Waals surface area contributed by atoms with Gasteiger partial charge in [-0.3, -0.25) is 4.79 Å². The zero-order valence-corrected chi connectivity index (χ0v) is 11.6. The Morgan fingerprint density at radius 2 is 2.16 bits per heavy atom. The minimum absolute atomic E-state index is 0.0982. The molecule has 5 heteroatoms. The molecule has 1 aromatic carbocycles. The number of carbonyl (C=O) groups is 1. The number of amides is 1. The lowest BCUT2D eigenvalue weighted by molar-refractivity contribution is 0.0906. The van der Waals surface area contributed by atoms with Crippen LogP contribution in [0.25, 0.3) is 0 Å². The monoisotopic (exact) mass is 266 g/mol. The molecule has 0 spiro atoms. The molecule has 0 saturated carbocycles. The molecule has 0 bridgehead atoms. The first-order chi connectivity index (χ1) is 8.99. The van der Waals surface area contributed by atoms with E-state index < -0.39 is 0 Å². The Balaban J connectivity index is 2.88. The highest BCUT2D eigenvalue weighted by Gasteiger charge is 2.19. The third-order valence-electron chi connectivity index (χ3n) is 2.82. The zero-order valence-electron chi connectivity index (χ0n) is 11.6. The molecule has 0 aliphatic carbocycles. The molecule has 19 heavy (non-hydrogen) atoms. The van der Waals surface area contributed by atoms with Gasteiger partial charge in [-0.05, 0) is 24.5 Å². The van der Waals surface area contributed by atoms with E-state index in [1.54, 1.807) is 18.2 Å².